The number of hydrogen-bond acceptors (Lipinski definition) is 3. The van der Waals surface area contributed by atoms with E-state index in [2.05, 4.69) is 12.2 Å². The van der Waals surface area contributed by atoms with Gasteiger partial charge in [-0.3, -0.25) is 0 Å². The molecule has 0 bridgehead atoms. The zero-order valence-electron chi connectivity index (χ0n) is 9.86. The SMILES string of the molecule is COc1ccc(C(C)C2CCNC2)cc1O. The number of phenolic OH excluding ortho intramolecular Hbond substituents is 1. The maximum absolute atomic E-state index is 9.74. The van der Waals surface area contributed by atoms with Gasteiger partial charge in [0.1, 0.15) is 0 Å². The van der Waals surface area contributed by atoms with Crippen molar-refractivity contribution in [1.29, 1.82) is 0 Å². The molecule has 16 heavy (non-hydrogen) atoms. The standard InChI is InChI=1S/C13H19NO2/c1-9(11-5-6-14-8-11)10-3-4-13(16-2)12(15)7-10/h3-4,7,9,11,14-15H,5-6,8H2,1-2H3. The fraction of sp³-hybridized carbons (Fsp3) is 0.538. The summed E-state index contributed by atoms with van der Waals surface area (Å²) >= 11 is 0. The Hall–Kier alpha value is -1.22. The van der Waals surface area contributed by atoms with Gasteiger partial charge in [0.25, 0.3) is 0 Å². The van der Waals surface area contributed by atoms with Gasteiger partial charge in [-0.05, 0) is 49.0 Å². The van der Waals surface area contributed by atoms with Gasteiger partial charge in [0.05, 0.1) is 7.11 Å². The van der Waals surface area contributed by atoms with Crippen molar-refractivity contribution in [2.24, 2.45) is 5.92 Å². The average Bonchev–Trinajstić information content (AvgIpc) is 2.81. The third kappa shape index (κ3) is 2.14. The molecule has 1 heterocycles. The van der Waals surface area contributed by atoms with Crippen LogP contribution >= 0.6 is 0 Å². The van der Waals surface area contributed by atoms with E-state index in [1.165, 1.54) is 12.0 Å². The predicted molar refractivity (Wildman–Crippen MR) is 64.1 cm³/mol. The van der Waals surface area contributed by atoms with E-state index in [0.29, 0.717) is 17.6 Å². The lowest BCUT2D eigenvalue weighted by atomic mass is 9.87. The van der Waals surface area contributed by atoms with Crippen LogP contribution in [0.4, 0.5) is 0 Å². The van der Waals surface area contributed by atoms with Gasteiger partial charge >= 0.3 is 0 Å². The number of ether oxygens (including phenoxy) is 1. The normalized spacial score (nSPS) is 22.0. The van der Waals surface area contributed by atoms with E-state index >= 15 is 0 Å². The molecule has 0 amide bonds. The molecule has 2 N–H and O–H groups in total. The lowest BCUT2D eigenvalue weighted by Gasteiger charge is -2.19. The molecule has 1 aliphatic rings. The van der Waals surface area contributed by atoms with Gasteiger partial charge in [-0.25, -0.2) is 0 Å². The molecule has 2 atom stereocenters. The van der Waals surface area contributed by atoms with Crippen molar-refractivity contribution in [2.75, 3.05) is 20.2 Å². The monoisotopic (exact) mass is 221 g/mol. The summed E-state index contributed by atoms with van der Waals surface area (Å²) in [4.78, 5) is 0. The van der Waals surface area contributed by atoms with Crippen molar-refractivity contribution in [3.63, 3.8) is 0 Å². The van der Waals surface area contributed by atoms with E-state index in [1.807, 2.05) is 18.2 Å². The first-order valence-electron chi connectivity index (χ1n) is 5.80. The van der Waals surface area contributed by atoms with Crippen LogP contribution in [-0.4, -0.2) is 25.3 Å². The van der Waals surface area contributed by atoms with E-state index < -0.39 is 0 Å². The molecule has 0 radical (unpaired) electrons. The second kappa shape index (κ2) is 4.74. The summed E-state index contributed by atoms with van der Waals surface area (Å²) in [7, 11) is 1.57. The van der Waals surface area contributed by atoms with Crippen LogP contribution in [0.3, 0.4) is 0 Å². The van der Waals surface area contributed by atoms with E-state index in [4.69, 9.17) is 4.74 Å². The largest absolute Gasteiger partial charge is 0.504 e. The van der Waals surface area contributed by atoms with Gasteiger partial charge in [0.15, 0.2) is 11.5 Å². The highest BCUT2D eigenvalue weighted by atomic mass is 16.5. The highest BCUT2D eigenvalue weighted by molar-refractivity contribution is 5.42. The number of rotatable bonds is 3. The predicted octanol–water partition coefficient (Wildman–Crippen LogP) is 2.11. The summed E-state index contributed by atoms with van der Waals surface area (Å²) in [5.41, 5.74) is 1.19. The summed E-state index contributed by atoms with van der Waals surface area (Å²) in [6.45, 7) is 4.41. The molecule has 1 aliphatic heterocycles. The highest BCUT2D eigenvalue weighted by Crippen LogP contribution is 2.34. The van der Waals surface area contributed by atoms with Crippen LogP contribution < -0.4 is 10.1 Å². The zero-order chi connectivity index (χ0) is 11.5. The molecule has 1 aromatic rings. The van der Waals surface area contributed by atoms with Crippen LogP contribution in [0.5, 0.6) is 11.5 Å². The summed E-state index contributed by atoms with van der Waals surface area (Å²) in [5, 5.41) is 13.1. The third-order valence-electron chi connectivity index (χ3n) is 3.53. The van der Waals surface area contributed by atoms with Crippen LogP contribution in [0, 0.1) is 5.92 Å². The minimum absolute atomic E-state index is 0.234. The molecule has 88 valence electrons. The fourth-order valence-corrected chi connectivity index (χ4v) is 2.37. The minimum atomic E-state index is 0.234. The molecule has 0 aliphatic carbocycles. The lowest BCUT2D eigenvalue weighted by Crippen LogP contribution is -2.14. The van der Waals surface area contributed by atoms with Crippen molar-refractivity contribution >= 4 is 0 Å². The first-order chi connectivity index (χ1) is 7.72. The Morgan fingerprint density at radius 2 is 2.31 bits per heavy atom. The zero-order valence-corrected chi connectivity index (χ0v) is 9.86. The molecule has 3 heteroatoms. The molecule has 0 aromatic heterocycles. The summed E-state index contributed by atoms with van der Waals surface area (Å²) in [6, 6.07) is 5.70. The molecule has 0 saturated carbocycles. The van der Waals surface area contributed by atoms with Gasteiger partial charge < -0.3 is 15.2 Å². The Morgan fingerprint density at radius 3 is 2.88 bits per heavy atom. The van der Waals surface area contributed by atoms with Crippen molar-refractivity contribution in [3.8, 4) is 11.5 Å². The van der Waals surface area contributed by atoms with Gasteiger partial charge in [-0.15, -0.1) is 0 Å². The number of aromatic hydroxyl groups is 1. The topological polar surface area (TPSA) is 41.5 Å². The number of hydrogen-bond donors (Lipinski definition) is 2. The number of methoxy groups -OCH3 is 1. The second-order valence-electron chi connectivity index (χ2n) is 4.47. The van der Waals surface area contributed by atoms with Gasteiger partial charge in [-0.1, -0.05) is 13.0 Å². The molecule has 3 nitrogen and oxygen atoms in total. The molecule has 1 aromatic carbocycles. The van der Waals surface area contributed by atoms with Gasteiger partial charge in [-0.2, -0.15) is 0 Å². The van der Waals surface area contributed by atoms with Crippen molar-refractivity contribution < 1.29 is 9.84 Å². The number of phenols is 1. The second-order valence-corrected chi connectivity index (χ2v) is 4.47. The highest BCUT2D eigenvalue weighted by Gasteiger charge is 2.23. The molecule has 1 fully saturated rings. The Kier molecular flexibility index (Phi) is 3.34. The van der Waals surface area contributed by atoms with Gasteiger partial charge in [0, 0.05) is 0 Å². The number of benzene rings is 1. The summed E-state index contributed by atoms with van der Waals surface area (Å²) in [5.74, 6) is 1.93. The molecular weight excluding hydrogens is 202 g/mol. The average molecular weight is 221 g/mol. The Bertz CT molecular complexity index is 359. The fourth-order valence-electron chi connectivity index (χ4n) is 2.37. The first-order valence-corrected chi connectivity index (χ1v) is 5.80. The summed E-state index contributed by atoms with van der Waals surface area (Å²) in [6.07, 6.45) is 1.22. The molecule has 1 saturated heterocycles. The van der Waals surface area contributed by atoms with E-state index in [0.717, 1.165) is 13.1 Å². The Labute approximate surface area is 96.4 Å². The Morgan fingerprint density at radius 1 is 1.50 bits per heavy atom. The molecule has 2 rings (SSSR count). The molecular formula is C13H19NO2. The van der Waals surface area contributed by atoms with E-state index in [-0.39, 0.29) is 5.75 Å². The maximum atomic E-state index is 9.74. The van der Waals surface area contributed by atoms with Crippen molar-refractivity contribution in [3.05, 3.63) is 23.8 Å². The lowest BCUT2D eigenvalue weighted by molar-refractivity contribution is 0.372. The maximum Gasteiger partial charge on any atom is 0.160 e. The van der Waals surface area contributed by atoms with Crippen LogP contribution in [0.15, 0.2) is 18.2 Å². The van der Waals surface area contributed by atoms with Crippen LogP contribution in [0.2, 0.25) is 0 Å². The summed E-state index contributed by atoms with van der Waals surface area (Å²) < 4.78 is 5.04. The minimum Gasteiger partial charge on any atom is -0.504 e. The number of nitrogens with one attached hydrogen (secondary N) is 1. The van der Waals surface area contributed by atoms with E-state index in [1.54, 1.807) is 7.11 Å². The van der Waals surface area contributed by atoms with Crippen molar-refractivity contribution in [1.82, 2.24) is 5.32 Å². The van der Waals surface area contributed by atoms with Gasteiger partial charge in [0.2, 0.25) is 0 Å². The quantitative estimate of drug-likeness (QED) is 0.821. The molecule has 2 unspecified atom stereocenters. The smallest absolute Gasteiger partial charge is 0.160 e. The molecule has 0 spiro atoms. The van der Waals surface area contributed by atoms with Crippen LogP contribution in [0.25, 0.3) is 0 Å². The van der Waals surface area contributed by atoms with E-state index in [9.17, 15) is 5.11 Å². The van der Waals surface area contributed by atoms with Crippen LogP contribution in [0.1, 0.15) is 24.8 Å². The first kappa shape index (κ1) is 11.3. The third-order valence-corrected chi connectivity index (χ3v) is 3.53. The van der Waals surface area contributed by atoms with Crippen LogP contribution in [-0.2, 0) is 0 Å². The van der Waals surface area contributed by atoms with Crippen molar-refractivity contribution in [2.45, 2.75) is 19.3 Å². The Balaban J connectivity index is 2.16.